The van der Waals surface area contributed by atoms with Crippen molar-refractivity contribution in [2.24, 2.45) is 0 Å². The third-order valence-corrected chi connectivity index (χ3v) is 6.81. The quantitative estimate of drug-likeness (QED) is 0.829. The van der Waals surface area contributed by atoms with Crippen molar-refractivity contribution in [3.63, 3.8) is 0 Å². The van der Waals surface area contributed by atoms with Crippen LogP contribution in [0.3, 0.4) is 0 Å². The maximum atomic E-state index is 13.2. The van der Waals surface area contributed by atoms with E-state index in [1.165, 1.54) is 22.5 Å². The molecule has 0 saturated carbocycles. The van der Waals surface area contributed by atoms with Crippen LogP contribution in [-0.2, 0) is 14.8 Å². The lowest BCUT2D eigenvalue weighted by molar-refractivity contribution is -0.117. The predicted molar refractivity (Wildman–Crippen MR) is 106 cm³/mol. The van der Waals surface area contributed by atoms with E-state index in [4.69, 9.17) is 0 Å². The molecule has 0 aromatic heterocycles. The summed E-state index contributed by atoms with van der Waals surface area (Å²) in [7, 11) is -3.56. The number of aryl methyl sites for hydroxylation is 2. The van der Waals surface area contributed by atoms with Gasteiger partial charge in [-0.25, -0.2) is 12.8 Å². The zero-order chi connectivity index (χ0) is 20.3. The van der Waals surface area contributed by atoms with Crippen LogP contribution in [0.1, 0.15) is 11.1 Å². The van der Waals surface area contributed by atoms with Gasteiger partial charge in [-0.1, -0.05) is 18.2 Å². The van der Waals surface area contributed by atoms with Crippen molar-refractivity contribution in [2.75, 3.05) is 38.0 Å². The van der Waals surface area contributed by atoms with Crippen LogP contribution in [-0.4, -0.2) is 56.3 Å². The second kappa shape index (κ2) is 8.38. The molecule has 0 spiro atoms. The van der Waals surface area contributed by atoms with Crippen molar-refractivity contribution in [3.05, 3.63) is 59.4 Å². The molecule has 28 heavy (non-hydrogen) atoms. The molecule has 0 atom stereocenters. The molecule has 1 N–H and O–H groups in total. The summed E-state index contributed by atoms with van der Waals surface area (Å²) in [5, 5.41) is 2.66. The number of piperazine rings is 1. The fourth-order valence-electron chi connectivity index (χ4n) is 3.22. The molecule has 0 radical (unpaired) electrons. The minimum absolute atomic E-state index is 0.133. The molecule has 0 aliphatic carbocycles. The Kier molecular flexibility index (Phi) is 6.12. The van der Waals surface area contributed by atoms with Crippen LogP contribution in [0, 0.1) is 19.7 Å². The summed E-state index contributed by atoms with van der Waals surface area (Å²) < 4.78 is 40.6. The van der Waals surface area contributed by atoms with Gasteiger partial charge in [-0.15, -0.1) is 0 Å². The highest BCUT2D eigenvalue weighted by molar-refractivity contribution is 7.89. The maximum absolute atomic E-state index is 13.2. The second-order valence-electron chi connectivity index (χ2n) is 7.01. The molecule has 1 amide bonds. The molecule has 1 heterocycles. The number of carbonyl (C=O) groups excluding carboxylic acids is 1. The number of anilines is 1. The number of halogens is 1. The van der Waals surface area contributed by atoms with E-state index in [-0.39, 0.29) is 12.5 Å². The Labute approximate surface area is 165 Å². The van der Waals surface area contributed by atoms with Gasteiger partial charge in [-0.3, -0.25) is 9.69 Å². The molecule has 1 aliphatic rings. The van der Waals surface area contributed by atoms with Gasteiger partial charge < -0.3 is 5.32 Å². The first-order chi connectivity index (χ1) is 13.3. The van der Waals surface area contributed by atoms with Gasteiger partial charge in [0.15, 0.2) is 0 Å². The van der Waals surface area contributed by atoms with E-state index >= 15 is 0 Å². The molecule has 1 saturated heterocycles. The van der Waals surface area contributed by atoms with Gasteiger partial charge in [0.25, 0.3) is 0 Å². The Morgan fingerprint density at radius 3 is 2.46 bits per heavy atom. The predicted octanol–water partition coefficient (Wildman–Crippen LogP) is 2.39. The first kappa shape index (κ1) is 20.4. The smallest absolute Gasteiger partial charge is 0.243 e. The van der Waals surface area contributed by atoms with Gasteiger partial charge >= 0.3 is 0 Å². The van der Waals surface area contributed by atoms with Crippen LogP contribution in [0.25, 0.3) is 0 Å². The average molecular weight is 405 g/mol. The van der Waals surface area contributed by atoms with Crippen LogP contribution >= 0.6 is 0 Å². The van der Waals surface area contributed by atoms with E-state index < -0.39 is 15.8 Å². The number of carbonyl (C=O) groups is 1. The molecular weight excluding hydrogens is 381 g/mol. The molecule has 2 aromatic rings. The van der Waals surface area contributed by atoms with Gasteiger partial charge in [-0.2, -0.15) is 4.31 Å². The number of benzene rings is 2. The molecule has 6 nitrogen and oxygen atoms in total. The van der Waals surface area contributed by atoms with E-state index in [0.29, 0.717) is 36.8 Å². The minimum atomic E-state index is -3.56. The summed E-state index contributed by atoms with van der Waals surface area (Å²) in [6, 6.07) is 11.1. The Bertz CT molecular complexity index is 970. The summed E-state index contributed by atoms with van der Waals surface area (Å²) in [6.07, 6.45) is 0. The molecule has 150 valence electrons. The Balaban J connectivity index is 1.58. The first-order valence-corrected chi connectivity index (χ1v) is 10.5. The highest BCUT2D eigenvalue weighted by atomic mass is 32.2. The van der Waals surface area contributed by atoms with Crippen molar-refractivity contribution in [1.82, 2.24) is 9.21 Å². The molecule has 2 aromatic carbocycles. The standard InChI is InChI=1S/C20H24FN3O3S/c1-15-6-7-16(2)19(12-15)28(26,27)24-10-8-23(9-11-24)14-20(25)22-18-5-3-4-17(21)13-18/h3-7,12-13H,8-11,14H2,1-2H3,(H,22,25). The zero-order valence-corrected chi connectivity index (χ0v) is 16.8. The monoisotopic (exact) mass is 405 g/mol. The van der Waals surface area contributed by atoms with Crippen LogP contribution in [0.5, 0.6) is 0 Å². The Morgan fingerprint density at radius 2 is 1.79 bits per heavy atom. The number of rotatable bonds is 5. The lowest BCUT2D eigenvalue weighted by atomic mass is 10.2. The molecule has 0 bridgehead atoms. The van der Waals surface area contributed by atoms with Crippen molar-refractivity contribution in [3.8, 4) is 0 Å². The largest absolute Gasteiger partial charge is 0.325 e. The van der Waals surface area contributed by atoms with Gasteiger partial charge in [0, 0.05) is 31.9 Å². The third kappa shape index (κ3) is 4.76. The molecule has 1 aliphatic heterocycles. The third-order valence-electron chi connectivity index (χ3n) is 4.77. The highest BCUT2D eigenvalue weighted by Gasteiger charge is 2.30. The summed E-state index contributed by atoms with van der Waals surface area (Å²) in [5.41, 5.74) is 2.03. The number of nitrogens with one attached hydrogen (secondary N) is 1. The van der Waals surface area contributed by atoms with Crippen molar-refractivity contribution >= 4 is 21.6 Å². The SMILES string of the molecule is Cc1ccc(C)c(S(=O)(=O)N2CCN(CC(=O)Nc3cccc(F)c3)CC2)c1. The molecule has 8 heteroatoms. The van der Waals surface area contributed by atoms with E-state index in [0.717, 1.165) is 11.1 Å². The lowest BCUT2D eigenvalue weighted by Crippen LogP contribution is -2.50. The zero-order valence-electron chi connectivity index (χ0n) is 16.0. The van der Waals surface area contributed by atoms with E-state index in [2.05, 4.69) is 5.32 Å². The van der Waals surface area contributed by atoms with Crippen LogP contribution in [0.2, 0.25) is 0 Å². The lowest BCUT2D eigenvalue weighted by Gasteiger charge is -2.33. The number of hydrogen-bond donors (Lipinski definition) is 1. The van der Waals surface area contributed by atoms with E-state index in [1.54, 1.807) is 19.1 Å². The Hall–Kier alpha value is -2.29. The molecular formula is C20H24FN3O3S. The van der Waals surface area contributed by atoms with Crippen molar-refractivity contribution in [1.29, 1.82) is 0 Å². The fourth-order valence-corrected chi connectivity index (χ4v) is 4.95. The van der Waals surface area contributed by atoms with Gasteiger partial charge in [0.05, 0.1) is 11.4 Å². The molecule has 3 rings (SSSR count). The molecule has 0 unspecified atom stereocenters. The second-order valence-corrected chi connectivity index (χ2v) is 8.91. The normalized spacial score (nSPS) is 16.1. The van der Waals surface area contributed by atoms with Crippen molar-refractivity contribution in [2.45, 2.75) is 18.7 Å². The fraction of sp³-hybridized carbons (Fsp3) is 0.350. The van der Waals surface area contributed by atoms with Crippen LogP contribution in [0.15, 0.2) is 47.4 Å². The van der Waals surface area contributed by atoms with E-state index in [9.17, 15) is 17.6 Å². The topological polar surface area (TPSA) is 69.7 Å². The van der Waals surface area contributed by atoms with Crippen LogP contribution in [0.4, 0.5) is 10.1 Å². The maximum Gasteiger partial charge on any atom is 0.243 e. The minimum Gasteiger partial charge on any atom is -0.325 e. The number of sulfonamides is 1. The van der Waals surface area contributed by atoms with Crippen molar-refractivity contribution < 1.29 is 17.6 Å². The summed E-state index contributed by atoms with van der Waals surface area (Å²) in [5.74, 6) is -0.667. The average Bonchev–Trinajstić information content (AvgIpc) is 2.64. The summed E-state index contributed by atoms with van der Waals surface area (Å²) in [6.45, 7) is 5.36. The highest BCUT2D eigenvalue weighted by Crippen LogP contribution is 2.22. The number of nitrogens with zero attached hydrogens (tertiary/aromatic N) is 2. The van der Waals surface area contributed by atoms with Gasteiger partial charge in [0.2, 0.25) is 15.9 Å². The van der Waals surface area contributed by atoms with Crippen LogP contribution < -0.4 is 5.32 Å². The number of hydrogen-bond acceptors (Lipinski definition) is 4. The number of amides is 1. The van der Waals surface area contributed by atoms with Gasteiger partial charge in [-0.05, 0) is 49.2 Å². The van der Waals surface area contributed by atoms with E-state index in [1.807, 2.05) is 24.0 Å². The summed E-state index contributed by atoms with van der Waals surface area (Å²) >= 11 is 0. The first-order valence-electron chi connectivity index (χ1n) is 9.11. The Morgan fingerprint density at radius 1 is 1.07 bits per heavy atom. The van der Waals surface area contributed by atoms with Gasteiger partial charge in [0.1, 0.15) is 5.82 Å². The molecule has 1 fully saturated rings. The summed E-state index contributed by atoms with van der Waals surface area (Å²) in [4.78, 5) is 14.4.